The molecule has 0 fully saturated rings. The van der Waals surface area contributed by atoms with Crippen molar-refractivity contribution in [2.75, 3.05) is 18.6 Å². The number of fused-ring (bicyclic) bond motifs is 1. The van der Waals surface area contributed by atoms with Crippen LogP contribution >= 0.6 is 22.9 Å². The second kappa shape index (κ2) is 8.00. The van der Waals surface area contributed by atoms with Gasteiger partial charge in [-0.25, -0.2) is 4.98 Å². The molecule has 0 spiro atoms. The SMILES string of the molecule is COc1ccc2nc(N(CCn3cccn3)C(=O)c3ccc(Cl)cc3)sc2c1. The fraction of sp³-hybridized carbons (Fsp3) is 0.150. The number of hydrogen-bond acceptors (Lipinski definition) is 5. The van der Waals surface area contributed by atoms with Crippen molar-refractivity contribution in [2.24, 2.45) is 0 Å². The van der Waals surface area contributed by atoms with Crippen molar-refractivity contribution in [3.8, 4) is 5.75 Å². The molecular weight excluding hydrogens is 396 g/mol. The third-order valence-corrected chi connectivity index (χ3v) is 5.56. The lowest BCUT2D eigenvalue weighted by Crippen LogP contribution is -2.34. The first-order chi connectivity index (χ1) is 13.6. The van der Waals surface area contributed by atoms with Crippen molar-refractivity contribution in [2.45, 2.75) is 6.54 Å². The molecule has 4 aromatic rings. The quantitative estimate of drug-likeness (QED) is 0.467. The first-order valence-electron chi connectivity index (χ1n) is 8.63. The van der Waals surface area contributed by atoms with Gasteiger partial charge in [0.05, 0.1) is 23.9 Å². The summed E-state index contributed by atoms with van der Waals surface area (Å²) >= 11 is 7.42. The number of carbonyl (C=O) groups excluding carboxylic acids is 1. The molecule has 0 unspecified atom stereocenters. The monoisotopic (exact) mass is 412 g/mol. The highest BCUT2D eigenvalue weighted by molar-refractivity contribution is 7.22. The molecule has 0 aliphatic rings. The van der Waals surface area contributed by atoms with Crippen LogP contribution in [0.5, 0.6) is 5.75 Å². The van der Waals surface area contributed by atoms with Crippen molar-refractivity contribution in [1.29, 1.82) is 0 Å². The number of halogens is 1. The maximum absolute atomic E-state index is 13.2. The smallest absolute Gasteiger partial charge is 0.260 e. The zero-order valence-corrected chi connectivity index (χ0v) is 16.7. The zero-order chi connectivity index (χ0) is 19.5. The van der Waals surface area contributed by atoms with Crippen LogP contribution in [-0.2, 0) is 6.54 Å². The summed E-state index contributed by atoms with van der Waals surface area (Å²) in [5, 5.41) is 5.44. The highest BCUT2D eigenvalue weighted by atomic mass is 35.5. The maximum atomic E-state index is 13.2. The molecule has 0 saturated carbocycles. The molecule has 0 radical (unpaired) electrons. The summed E-state index contributed by atoms with van der Waals surface area (Å²) in [5.74, 6) is 0.629. The molecule has 28 heavy (non-hydrogen) atoms. The number of thiazole rings is 1. The lowest BCUT2D eigenvalue weighted by Gasteiger charge is -2.20. The predicted molar refractivity (Wildman–Crippen MR) is 112 cm³/mol. The molecule has 2 aromatic carbocycles. The normalized spacial score (nSPS) is 10.9. The molecule has 0 bridgehead atoms. The lowest BCUT2D eigenvalue weighted by atomic mass is 10.2. The molecule has 0 N–H and O–H groups in total. The molecule has 2 heterocycles. The van der Waals surface area contributed by atoms with E-state index in [-0.39, 0.29) is 5.91 Å². The Balaban J connectivity index is 1.69. The van der Waals surface area contributed by atoms with Gasteiger partial charge in [-0.15, -0.1) is 0 Å². The average Bonchev–Trinajstić information content (AvgIpc) is 3.37. The summed E-state index contributed by atoms with van der Waals surface area (Å²) in [5.41, 5.74) is 1.38. The van der Waals surface area contributed by atoms with Crippen LogP contribution in [0.15, 0.2) is 60.9 Å². The molecule has 142 valence electrons. The second-order valence-corrected chi connectivity index (χ2v) is 7.51. The topological polar surface area (TPSA) is 60.2 Å². The summed E-state index contributed by atoms with van der Waals surface area (Å²) in [6, 6.07) is 14.4. The van der Waals surface area contributed by atoms with Crippen LogP contribution in [0.4, 0.5) is 5.13 Å². The second-order valence-electron chi connectivity index (χ2n) is 6.06. The summed E-state index contributed by atoms with van der Waals surface area (Å²) in [6.45, 7) is 1.01. The fourth-order valence-corrected chi connectivity index (χ4v) is 3.95. The molecule has 0 aliphatic heterocycles. The van der Waals surface area contributed by atoms with Crippen LogP contribution < -0.4 is 9.64 Å². The number of carbonyl (C=O) groups is 1. The van der Waals surface area contributed by atoms with Gasteiger partial charge in [0, 0.05) is 29.5 Å². The molecule has 0 saturated heterocycles. The van der Waals surface area contributed by atoms with Gasteiger partial charge in [0.2, 0.25) is 0 Å². The van der Waals surface area contributed by atoms with Gasteiger partial charge in [-0.05, 0) is 48.5 Å². The number of amides is 1. The van der Waals surface area contributed by atoms with E-state index in [1.165, 1.54) is 11.3 Å². The fourth-order valence-electron chi connectivity index (χ4n) is 2.80. The molecule has 6 nitrogen and oxygen atoms in total. The third-order valence-electron chi connectivity index (χ3n) is 4.26. The number of nitrogens with zero attached hydrogens (tertiary/aromatic N) is 4. The van der Waals surface area contributed by atoms with Crippen molar-refractivity contribution < 1.29 is 9.53 Å². The van der Waals surface area contributed by atoms with E-state index in [2.05, 4.69) is 10.1 Å². The Morgan fingerprint density at radius 1 is 1.25 bits per heavy atom. The Morgan fingerprint density at radius 3 is 2.79 bits per heavy atom. The number of methoxy groups -OCH3 is 1. The Kier molecular flexibility index (Phi) is 5.27. The Morgan fingerprint density at radius 2 is 2.07 bits per heavy atom. The van der Waals surface area contributed by atoms with Gasteiger partial charge < -0.3 is 4.74 Å². The molecule has 1 amide bonds. The van der Waals surface area contributed by atoms with Crippen LogP contribution in [0.3, 0.4) is 0 Å². The highest BCUT2D eigenvalue weighted by Crippen LogP contribution is 2.32. The van der Waals surface area contributed by atoms with Crippen LogP contribution in [-0.4, -0.2) is 34.3 Å². The van der Waals surface area contributed by atoms with Crippen LogP contribution in [0.1, 0.15) is 10.4 Å². The summed E-state index contributed by atoms with van der Waals surface area (Å²) in [6.07, 6.45) is 3.59. The average molecular weight is 413 g/mol. The van der Waals surface area contributed by atoms with E-state index < -0.39 is 0 Å². The van der Waals surface area contributed by atoms with Gasteiger partial charge in [-0.2, -0.15) is 5.10 Å². The van der Waals surface area contributed by atoms with Crippen molar-refractivity contribution in [3.05, 3.63) is 71.5 Å². The molecule has 0 aliphatic carbocycles. The van der Waals surface area contributed by atoms with Crippen molar-refractivity contribution >= 4 is 44.2 Å². The highest BCUT2D eigenvalue weighted by Gasteiger charge is 2.21. The number of rotatable bonds is 6. The largest absolute Gasteiger partial charge is 0.497 e. The molecule has 4 rings (SSSR count). The molecule has 0 atom stereocenters. The predicted octanol–water partition coefficient (Wildman–Crippen LogP) is 4.50. The van der Waals surface area contributed by atoms with Crippen LogP contribution in [0.2, 0.25) is 5.02 Å². The van der Waals surface area contributed by atoms with E-state index in [9.17, 15) is 4.79 Å². The number of aromatic nitrogens is 3. The van der Waals surface area contributed by atoms with Gasteiger partial charge in [-0.3, -0.25) is 14.4 Å². The summed E-state index contributed by atoms with van der Waals surface area (Å²) in [4.78, 5) is 19.6. The molecular formula is C20H17ClN4O2S. The van der Waals surface area contributed by atoms with E-state index in [1.807, 2.05) is 30.5 Å². The minimum atomic E-state index is -0.130. The minimum absolute atomic E-state index is 0.130. The standard InChI is InChI=1S/C20H17ClN4O2S/c1-27-16-7-8-17-18(13-16)28-20(23-17)25(12-11-24-10-2-9-22-24)19(26)14-3-5-15(21)6-4-14/h2-10,13H,11-12H2,1H3. The van der Waals surface area contributed by atoms with Crippen molar-refractivity contribution in [1.82, 2.24) is 14.8 Å². The van der Waals surface area contributed by atoms with Crippen LogP contribution in [0.25, 0.3) is 10.2 Å². The van der Waals surface area contributed by atoms with Gasteiger partial charge in [0.25, 0.3) is 5.91 Å². The summed E-state index contributed by atoms with van der Waals surface area (Å²) < 4.78 is 8.04. The number of anilines is 1. The molecule has 8 heteroatoms. The van der Waals surface area contributed by atoms with Gasteiger partial charge >= 0.3 is 0 Å². The Bertz CT molecular complexity index is 1090. The maximum Gasteiger partial charge on any atom is 0.260 e. The third kappa shape index (κ3) is 3.85. The lowest BCUT2D eigenvalue weighted by molar-refractivity contribution is 0.0986. The number of ether oxygens (including phenoxy) is 1. The Labute approximate surface area is 170 Å². The first kappa shape index (κ1) is 18.5. The van der Waals surface area contributed by atoms with Crippen LogP contribution in [0, 0.1) is 0 Å². The van der Waals surface area contributed by atoms with E-state index >= 15 is 0 Å². The van der Waals surface area contributed by atoms with Gasteiger partial charge in [0.1, 0.15) is 5.75 Å². The Hall–Kier alpha value is -2.90. The van der Waals surface area contributed by atoms with Gasteiger partial charge in [0.15, 0.2) is 5.13 Å². The number of hydrogen-bond donors (Lipinski definition) is 0. The van der Waals surface area contributed by atoms with E-state index in [1.54, 1.807) is 47.2 Å². The van der Waals surface area contributed by atoms with Crippen molar-refractivity contribution in [3.63, 3.8) is 0 Å². The first-order valence-corrected chi connectivity index (χ1v) is 9.83. The van der Waals surface area contributed by atoms with E-state index in [0.717, 1.165) is 16.0 Å². The van der Waals surface area contributed by atoms with E-state index in [4.69, 9.17) is 16.3 Å². The van der Waals surface area contributed by atoms with E-state index in [0.29, 0.717) is 28.8 Å². The number of benzene rings is 2. The molecule has 2 aromatic heterocycles. The summed E-state index contributed by atoms with van der Waals surface area (Å²) in [7, 11) is 1.63. The minimum Gasteiger partial charge on any atom is -0.497 e. The zero-order valence-electron chi connectivity index (χ0n) is 15.1. The van der Waals surface area contributed by atoms with Gasteiger partial charge in [-0.1, -0.05) is 22.9 Å².